The van der Waals surface area contributed by atoms with Crippen LogP contribution in [0.4, 0.5) is 5.69 Å². The van der Waals surface area contributed by atoms with Crippen LogP contribution < -0.4 is 10.6 Å². The van der Waals surface area contributed by atoms with Gasteiger partial charge in [-0.15, -0.1) is 10.2 Å². The van der Waals surface area contributed by atoms with Crippen LogP contribution in [0, 0.1) is 17.4 Å². The van der Waals surface area contributed by atoms with Crippen molar-refractivity contribution in [1.82, 2.24) is 25.1 Å². The first-order valence-corrected chi connectivity index (χ1v) is 10.9. The summed E-state index contributed by atoms with van der Waals surface area (Å²) in [5, 5.41) is 19.6. The summed E-state index contributed by atoms with van der Waals surface area (Å²) in [4.78, 5) is 13.1. The third-order valence-corrected chi connectivity index (χ3v) is 6.07. The molecular weight excluding hydrogens is 519 g/mol. The van der Waals surface area contributed by atoms with Crippen LogP contribution in [0.5, 0.6) is 0 Å². The van der Waals surface area contributed by atoms with Crippen molar-refractivity contribution in [3.63, 3.8) is 0 Å². The van der Waals surface area contributed by atoms with E-state index in [1.807, 2.05) is 44.2 Å². The van der Waals surface area contributed by atoms with Crippen LogP contribution in [0.1, 0.15) is 21.7 Å². The Balaban J connectivity index is 1.47. The summed E-state index contributed by atoms with van der Waals surface area (Å²) >= 11 is 8.97. The topological polar surface area (TPSA) is 84.2 Å². The third kappa shape index (κ3) is 4.28. The van der Waals surface area contributed by atoms with E-state index in [4.69, 9.17) is 12.2 Å². The fraction of sp³-hybridized carbons (Fsp3) is 0.105. The Morgan fingerprint density at radius 1 is 1.14 bits per heavy atom. The van der Waals surface area contributed by atoms with Gasteiger partial charge in [-0.2, -0.15) is 9.61 Å². The Bertz CT molecular complexity index is 1230. The molecule has 0 radical (unpaired) electrons. The van der Waals surface area contributed by atoms with Gasteiger partial charge in [0.15, 0.2) is 10.9 Å². The highest BCUT2D eigenvalue weighted by atomic mass is 127. The number of anilines is 1. The lowest BCUT2D eigenvalue weighted by molar-refractivity contribution is 0.0977. The number of thiocarbonyl (C=S) groups is 1. The fourth-order valence-corrected chi connectivity index (χ4v) is 4.14. The monoisotopic (exact) mass is 534 g/mol. The number of benzene rings is 2. The molecule has 0 saturated heterocycles. The fourth-order valence-electron chi connectivity index (χ4n) is 2.70. The predicted molar refractivity (Wildman–Crippen MR) is 126 cm³/mol. The number of hydrogen-bond acceptors (Lipinski definition) is 6. The molecule has 0 aliphatic rings. The van der Waals surface area contributed by atoms with Crippen LogP contribution in [-0.2, 0) is 0 Å². The normalized spacial score (nSPS) is 10.9. The van der Waals surface area contributed by atoms with Crippen molar-refractivity contribution in [1.29, 1.82) is 0 Å². The number of fused-ring (bicyclic) bond motifs is 1. The van der Waals surface area contributed by atoms with Crippen LogP contribution in [0.2, 0.25) is 0 Å². The van der Waals surface area contributed by atoms with Crippen molar-refractivity contribution in [2.24, 2.45) is 0 Å². The number of aromatic nitrogens is 4. The summed E-state index contributed by atoms with van der Waals surface area (Å²) in [7, 11) is 0. The molecule has 1 amide bonds. The first kappa shape index (κ1) is 19.9. The van der Waals surface area contributed by atoms with Crippen molar-refractivity contribution >= 4 is 67.8 Å². The highest BCUT2D eigenvalue weighted by Gasteiger charge is 2.13. The van der Waals surface area contributed by atoms with Gasteiger partial charge in [-0.1, -0.05) is 11.3 Å². The van der Waals surface area contributed by atoms with Crippen molar-refractivity contribution in [2.45, 2.75) is 13.8 Å². The maximum Gasteiger partial charge on any atom is 0.257 e. The minimum atomic E-state index is -0.247. The zero-order valence-corrected chi connectivity index (χ0v) is 19.2. The average molecular weight is 534 g/mol. The van der Waals surface area contributed by atoms with Crippen LogP contribution in [0.25, 0.3) is 15.5 Å². The molecule has 0 aliphatic carbocycles. The van der Waals surface area contributed by atoms with E-state index in [-0.39, 0.29) is 11.0 Å². The molecule has 7 nitrogen and oxygen atoms in total. The first-order valence-electron chi connectivity index (χ1n) is 8.58. The average Bonchev–Trinajstić information content (AvgIpc) is 3.26. The summed E-state index contributed by atoms with van der Waals surface area (Å²) in [6.07, 6.45) is 0. The molecule has 0 bridgehead atoms. The number of hydrogen-bond donors (Lipinski definition) is 2. The van der Waals surface area contributed by atoms with E-state index >= 15 is 0 Å². The standard InChI is InChI=1S/C19H15IN6OS2/c1-10-9-13(17-25-26-11(2)23-24-19(26)29-17)5-8-15(10)21-18(28)22-16(27)12-3-6-14(20)7-4-12/h3-9H,1-2H3,(H2,21,22,27,28). The second-order valence-corrected chi connectivity index (χ2v) is 8.90. The molecule has 2 aromatic carbocycles. The Morgan fingerprint density at radius 3 is 2.59 bits per heavy atom. The molecule has 0 fully saturated rings. The van der Waals surface area contributed by atoms with Gasteiger partial charge in [-0.3, -0.25) is 10.1 Å². The first-order chi connectivity index (χ1) is 13.9. The Hall–Kier alpha value is -2.44. The molecule has 29 heavy (non-hydrogen) atoms. The van der Waals surface area contributed by atoms with Gasteiger partial charge in [-0.05, 0) is 96.7 Å². The van der Waals surface area contributed by atoms with Gasteiger partial charge in [0.25, 0.3) is 5.91 Å². The van der Waals surface area contributed by atoms with Crippen LogP contribution in [0.3, 0.4) is 0 Å². The lowest BCUT2D eigenvalue weighted by Crippen LogP contribution is -2.34. The van der Waals surface area contributed by atoms with E-state index < -0.39 is 0 Å². The minimum Gasteiger partial charge on any atom is -0.332 e. The maximum atomic E-state index is 12.3. The van der Waals surface area contributed by atoms with Crippen molar-refractivity contribution < 1.29 is 4.79 Å². The molecule has 4 rings (SSSR count). The lowest BCUT2D eigenvalue weighted by atomic mass is 10.1. The van der Waals surface area contributed by atoms with Crippen molar-refractivity contribution in [3.8, 4) is 10.6 Å². The van der Waals surface area contributed by atoms with Gasteiger partial charge in [-0.25, -0.2) is 0 Å². The van der Waals surface area contributed by atoms with Gasteiger partial charge >= 0.3 is 0 Å². The number of nitrogens with one attached hydrogen (secondary N) is 2. The zero-order valence-electron chi connectivity index (χ0n) is 15.4. The molecule has 2 N–H and O–H groups in total. The molecule has 0 spiro atoms. The Kier molecular flexibility index (Phi) is 5.56. The van der Waals surface area contributed by atoms with Gasteiger partial charge in [0.2, 0.25) is 4.96 Å². The largest absolute Gasteiger partial charge is 0.332 e. The summed E-state index contributed by atoms with van der Waals surface area (Å²) in [6, 6.07) is 13.2. The van der Waals surface area contributed by atoms with E-state index in [1.165, 1.54) is 11.3 Å². The molecule has 2 aromatic heterocycles. The highest BCUT2D eigenvalue weighted by Crippen LogP contribution is 2.28. The molecule has 146 valence electrons. The molecule has 0 saturated carbocycles. The smallest absolute Gasteiger partial charge is 0.257 e. The van der Waals surface area contributed by atoms with Crippen LogP contribution in [0.15, 0.2) is 42.5 Å². The number of carbonyl (C=O) groups is 1. The van der Waals surface area contributed by atoms with Crippen molar-refractivity contribution in [3.05, 3.63) is 63.0 Å². The summed E-state index contributed by atoms with van der Waals surface area (Å²) in [6.45, 7) is 3.84. The summed E-state index contributed by atoms with van der Waals surface area (Å²) in [5.41, 5.74) is 3.34. The number of rotatable bonds is 3. The lowest BCUT2D eigenvalue weighted by Gasteiger charge is -2.12. The molecule has 0 unspecified atom stereocenters. The number of halogens is 1. The molecule has 4 aromatic rings. The molecule has 0 atom stereocenters. The molecular formula is C19H15IN6OS2. The predicted octanol–water partition coefficient (Wildman–Crippen LogP) is 4.20. The SMILES string of the molecule is Cc1cc(-c2nn3c(C)nnc3s2)ccc1NC(=S)NC(=O)c1ccc(I)cc1. The molecule has 0 aliphatic heterocycles. The second-order valence-electron chi connectivity index (χ2n) is 6.29. The van der Waals surface area contributed by atoms with E-state index in [0.717, 1.165) is 36.2 Å². The van der Waals surface area contributed by atoms with E-state index in [1.54, 1.807) is 16.6 Å². The molecule has 2 heterocycles. The summed E-state index contributed by atoms with van der Waals surface area (Å²) < 4.78 is 2.80. The second kappa shape index (κ2) is 8.13. The number of aryl methyl sites for hydroxylation is 2. The van der Waals surface area contributed by atoms with Gasteiger partial charge in [0.1, 0.15) is 5.01 Å². The minimum absolute atomic E-state index is 0.247. The molecule has 10 heteroatoms. The summed E-state index contributed by atoms with van der Waals surface area (Å²) in [5.74, 6) is 0.509. The highest BCUT2D eigenvalue weighted by molar-refractivity contribution is 14.1. The quantitative estimate of drug-likeness (QED) is 0.303. The van der Waals surface area contributed by atoms with E-state index in [9.17, 15) is 4.79 Å². The van der Waals surface area contributed by atoms with E-state index in [0.29, 0.717) is 5.56 Å². The Morgan fingerprint density at radius 2 is 1.90 bits per heavy atom. The van der Waals surface area contributed by atoms with Crippen LogP contribution in [-0.4, -0.2) is 30.8 Å². The third-order valence-electron chi connectivity index (χ3n) is 4.20. The van der Waals surface area contributed by atoms with Crippen molar-refractivity contribution in [2.75, 3.05) is 5.32 Å². The number of nitrogens with zero attached hydrogens (tertiary/aromatic N) is 4. The van der Waals surface area contributed by atoms with Gasteiger partial charge in [0.05, 0.1) is 0 Å². The van der Waals surface area contributed by atoms with Crippen LogP contribution >= 0.6 is 46.1 Å². The van der Waals surface area contributed by atoms with Gasteiger partial charge < -0.3 is 5.32 Å². The maximum absolute atomic E-state index is 12.3. The van der Waals surface area contributed by atoms with E-state index in [2.05, 4.69) is 48.5 Å². The number of amides is 1. The Labute approximate surface area is 189 Å². The van der Waals surface area contributed by atoms with Gasteiger partial charge in [0, 0.05) is 20.4 Å². The zero-order chi connectivity index (χ0) is 20.5. The number of carbonyl (C=O) groups excluding carboxylic acids is 1.